The minimum Gasteiger partial charge on any atom is -0.497 e. The zero-order valence-corrected chi connectivity index (χ0v) is 76.2. The van der Waals surface area contributed by atoms with Crippen LogP contribution >= 0.6 is 0 Å². The molecule has 4 amide bonds. The van der Waals surface area contributed by atoms with E-state index in [1.54, 1.807) is 99.7 Å². The number of amides is 4. The number of benzene rings is 8. The van der Waals surface area contributed by atoms with Crippen molar-refractivity contribution in [2.75, 3.05) is 138 Å². The fraction of sp³-hybridized carbons (Fsp3) is 0.255. The first-order valence-corrected chi connectivity index (χ1v) is 45.5. The van der Waals surface area contributed by atoms with Crippen LogP contribution in [-0.4, -0.2) is 261 Å². The Labute approximate surface area is 787 Å². The smallest absolute Gasteiger partial charge is 0.244 e. The molecule has 0 unspecified atom stereocenters. The minimum atomic E-state index is 0.00956. The van der Waals surface area contributed by atoms with Crippen molar-refractivity contribution in [3.8, 4) is 103 Å². The topological polar surface area (TPSA) is 339 Å². The van der Waals surface area contributed by atoms with Crippen molar-refractivity contribution < 1.29 is 28.7 Å². The van der Waals surface area contributed by atoms with E-state index in [-0.39, 0.29) is 49.8 Å². The number of ether oxygens (including phenoxy) is 2. The monoisotopic (exact) mass is 1820 g/mol. The van der Waals surface area contributed by atoms with Gasteiger partial charge in [-0.15, -0.1) is 20.4 Å². The molecule has 0 radical (unpaired) electrons. The number of aromatic nitrogens is 20. The highest BCUT2D eigenvalue weighted by atomic mass is 16.5. The quantitative estimate of drug-likeness (QED) is 0.0542. The van der Waals surface area contributed by atoms with Gasteiger partial charge in [0.25, 0.3) is 0 Å². The van der Waals surface area contributed by atoms with Gasteiger partial charge in [0.1, 0.15) is 37.7 Å². The highest BCUT2D eigenvalue weighted by Gasteiger charge is 2.31. The van der Waals surface area contributed by atoms with E-state index >= 15 is 0 Å². The average Bonchev–Trinajstić information content (AvgIpc) is 1.67. The van der Waals surface area contributed by atoms with Crippen molar-refractivity contribution in [3.05, 3.63) is 303 Å². The number of aryl methyl sites for hydroxylation is 2. The summed E-state index contributed by atoms with van der Waals surface area (Å²) in [6.07, 6.45) is 14.8. The predicted octanol–water partition coefficient (Wildman–Crippen LogP) is 12.3. The molecule has 8 aromatic heterocycles. The normalized spacial score (nSPS) is 13.7. The summed E-state index contributed by atoms with van der Waals surface area (Å²) >= 11 is 0. The number of hydrogen-bond donors (Lipinski definition) is 0. The molecule has 688 valence electrons. The standard InChI is InChI=1S/C26H27N7O2.C26H27N7O.C25H25N7O2.C25H25N7O/c1-2-35-22-11-6-10-21(18-22)24-29-25(20-8-4-3-5-9-20)33(30-24)19-23(34)31-14-16-32(17-15-31)26-27-12-7-13-28-26;1-2-20-8-6-11-22(18-20)24-29-25(21-9-4-3-5-10-21)33(30-24)19-23(34)31-14-16-32(17-15-31)26-27-12-7-13-28-26;1-34-21-10-8-19(9-11-21)23-28-24(20-6-3-2-4-7-20)32(29-23)18-22(33)30-14-16-31(17-15-30)25-26-12-5-13-27-25;1-19-7-5-10-21(17-19)23-28-24(20-8-3-2-4-9-20)32(29-23)18-22(33)30-13-15-31(16-14-30)25-26-11-6-12-27-25/h3-13,18H,2,14-17,19H2,1H3;3-13,18H,2,14-17,19H2,1H3;2-13H,14-18H2,1H3;2-12,17H,13-16,18H2,1H3. The SMILES string of the molecule is CCOc1cccc(-c2nc(-c3ccccc3)n(CC(=O)N3CCN(c4ncccn4)CC3)n2)c1.CCc1cccc(-c2nc(-c3ccccc3)n(CC(=O)N3CCN(c4ncccn4)CC3)n2)c1.COc1ccc(-c2nc(-c3ccccc3)n(CC(=O)N3CCN(c4ncccn4)CC3)n2)cc1.Cc1cccc(-c2nc(-c3ccccc3)n(CC(=O)N3CCN(c4ncccn4)CC3)n2)c1. The Morgan fingerprint density at radius 3 is 0.853 bits per heavy atom. The van der Waals surface area contributed by atoms with Gasteiger partial charge in [0.2, 0.25) is 47.4 Å². The molecule has 0 spiro atoms. The largest absolute Gasteiger partial charge is 0.497 e. The highest BCUT2D eigenvalue weighted by molar-refractivity contribution is 5.80. The second kappa shape index (κ2) is 44.5. The van der Waals surface area contributed by atoms with Crippen LogP contribution in [0.15, 0.2) is 292 Å². The first-order valence-electron chi connectivity index (χ1n) is 45.5. The summed E-state index contributed by atoms with van der Waals surface area (Å²) < 4.78 is 17.7. The van der Waals surface area contributed by atoms with Gasteiger partial charge >= 0.3 is 0 Å². The van der Waals surface area contributed by atoms with Crippen LogP contribution in [0.3, 0.4) is 0 Å². The molecule has 4 fully saturated rings. The Kier molecular flexibility index (Phi) is 29.8. The van der Waals surface area contributed by atoms with Gasteiger partial charge in [0, 0.05) is 199 Å². The van der Waals surface area contributed by atoms with E-state index in [0.29, 0.717) is 182 Å². The van der Waals surface area contributed by atoms with Crippen LogP contribution in [0.2, 0.25) is 0 Å². The second-order valence-corrected chi connectivity index (χ2v) is 32.4. The van der Waals surface area contributed by atoms with Crippen LogP contribution in [-0.2, 0) is 51.8 Å². The van der Waals surface area contributed by atoms with Crippen molar-refractivity contribution >= 4 is 47.4 Å². The Hall–Kier alpha value is -16.7. The Bertz CT molecular complexity index is 6580. The van der Waals surface area contributed by atoms with Crippen LogP contribution in [0.4, 0.5) is 23.8 Å². The van der Waals surface area contributed by atoms with Crippen molar-refractivity contribution in [1.29, 1.82) is 0 Å². The van der Waals surface area contributed by atoms with Crippen LogP contribution in [0.25, 0.3) is 91.1 Å². The summed E-state index contributed by atoms with van der Waals surface area (Å²) in [5.41, 5.74) is 9.66. The number of hydrogen-bond acceptors (Lipinski definition) is 26. The predicted molar refractivity (Wildman–Crippen MR) is 519 cm³/mol. The molecule has 12 heterocycles. The number of carbonyl (C=O) groups excluding carboxylic acids is 4. The number of carbonyl (C=O) groups is 4. The van der Waals surface area contributed by atoms with Gasteiger partial charge in [0.05, 0.1) is 13.7 Å². The number of rotatable bonds is 24. The Morgan fingerprint density at radius 1 is 0.279 bits per heavy atom. The summed E-state index contributed by atoms with van der Waals surface area (Å²) in [5.74, 6) is 9.50. The molecule has 0 bridgehead atoms. The number of nitrogens with zero attached hydrogens (tertiary/aromatic N) is 28. The first kappa shape index (κ1) is 91.2. The molecule has 0 aliphatic carbocycles. The number of methoxy groups -OCH3 is 1. The van der Waals surface area contributed by atoms with E-state index in [4.69, 9.17) is 49.8 Å². The van der Waals surface area contributed by atoms with Gasteiger partial charge in [-0.25, -0.2) is 78.5 Å². The van der Waals surface area contributed by atoms with Gasteiger partial charge < -0.3 is 48.7 Å². The molecule has 0 atom stereocenters. The first-order chi connectivity index (χ1) is 66.8. The van der Waals surface area contributed by atoms with Gasteiger partial charge in [0.15, 0.2) is 46.6 Å². The fourth-order valence-corrected chi connectivity index (χ4v) is 16.2. The van der Waals surface area contributed by atoms with Crippen LogP contribution in [0, 0.1) is 6.92 Å². The zero-order chi connectivity index (χ0) is 93.3. The van der Waals surface area contributed by atoms with Crippen LogP contribution in [0.5, 0.6) is 11.5 Å². The fourth-order valence-electron chi connectivity index (χ4n) is 16.2. The summed E-state index contributed by atoms with van der Waals surface area (Å²) in [4.78, 5) is 122. The second-order valence-electron chi connectivity index (χ2n) is 32.4. The third-order valence-corrected chi connectivity index (χ3v) is 23.4. The summed E-state index contributed by atoms with van der Waals surface area (Å²) in [5, 5.41) is 18.9. The Morgan fingerprint density at radius 2 is 0.559 bits per heavy atom. The zero-order valence-electron chi connectivity index (χ0n) is 76.2. The lowest BCUT2D eigenvalue weighted by molar-refractivity contribution is -0.133. The molecule has 4 aliphatic rings. The van der Waals surface area contributed by atoms with Gasteiger partial charge in [-0.2, -0.15) is 0 Å². The van der Waals surface area contributed by atoms with Gasteiger partial charge in [-0.1, -0.05) is 182 Å². The lowest BCUT2D eigenvalue weighted by atomic mass is 10.1. The van der Waals surface area contributed by atoms with Crippen molar-refractivity contribution in [1.82, 2.24) is 119 Å². The number of anilines is 4. The van der Waals surface area contributed by atoms with Gasteiger partial charge in [-0.3, -0.25) is 19.2 Å². The molecule has 4 saturated heterocycles. The maximum Gasteiger partial charge on any atom is 0.244 e. The summed E-state index contributed by atoms with van der Waals surface area (Å²) in [6.45, 7) is 17.7. The van der Waals surface area contributed by atoms with E-state index in [2.05, 4.69) is 84.6 Å². The summed E-state index contributed by atoms with van der Waals surface area (Å²) in [6, 6.07) is 78.2. The maximum absolute atomic E-state index is 13.2. The van der Waals surface area contributed by atoms with E-state index in [1.165, 1.54) is 5.56 Å². The highest BCUT2D eigenvalue weighted by Crippen LogP contribution is 2.31. The van der Waals surface area contributed by atoms with Crippen LogP contribution in [0.1, 0.15) is 25.0 Å². The van der Waals surface area contributed by atoms with E-state index in [0.717, 1.165) is 68.0 Å². The van der Waals surface area contributed by atoms with Crippen molar-refractivity contribution in [3.63, 3.8) is 0 Å². The van der Waals surface area contributed by atoms with E-state index < -0.39 is 0 Å². The molecule has 0 N–H and O–H groups in total. The molecule has 4 aliphatic heterocycles. The van der Waals surface area contributed by atoms with Crippen molar-refractivity contribution in [2.45, 2.75) is 53.4 Å². The third-order valence-electron chi connectivity index (χ3n) is 23.4. The average molecular weight is 1820 g/mol. The molecule has 8 aromatic carbocycles. The number of piperazine rings is 4. The maximum atomic E-state index is 13.2. The molecular weight excluding hydrogens is 1710 g/mol. The lowest BCUT2D eigenvalue weighted by Gasteiger charge is -2.34. The van der Waals surface area contributed by atoms with Gasteiger partial charge in [-0.05, 0) is 98.6 Å². The molecule has 20 rings (SSSR count). The third kappa shape index (κ3) is 23.1. The lowest BCUT2D eigenvalue weighted by Crippen LogP contribution is -2.50. The van der Waals surface area contributed by atoms with Crippen molar-refractivity contribution in [2.24, 2.45) is 0 Å². The Balaban J connectivity index is 0.000000126. The molecule has 16 aromatic rings. The molecule has 136 heavy (non-hydrogen) atoms. The molecule has 0 saturated carbocycles. The van der Waals surface area contributed by atoms with E-state index in [1.807, 2.05) is 234 Å². The van der Waals surface area contributed by atoms with Crippen LogP contribution < -0.4 is 29.1 Å². The molecule has 34 nitrogen and oxygen atoms in total. The summed E-state index contributed by atoms with van der Waals surface area (Å²) in [7, 11) is 1.63. The van der Waals surface area contributed by atoms with E-state index in [9.17, 15) is 19.2 Å². The molecular formula is C102H104N28O6. The minimum absolute atomic E-state index is 0.00956. The molecule has 34 heteroatoms.